The summed E-state index contributed by atoms with van der Waals surface area (Å²) >= 11 is 1.24. The van der Waals surface area contributed by atoms with Crippen molar-refractivity contribution in [1.29, 1.82) is 0 Å². The van der Waals surface area contributed by atoms with Gasteiger partial charge in [0, 0.05) is 6.07 Å². The van der Waals surface area contributed by atoms with Crippen molar-refractivity contribution in [3.63, 3.8) is 0 Å². The van der Waals surface area contributed by atoms with Crippen LogP contribution in [-0.2, 0) is 12.6 Å². The fourth-order valence-electron chi connectivity index (χ4n) is 4.91. The van der Waals surface area contributed by atoms with E-state index >= 15 is 0 Å². The zero-order chi connectivity index (χ0) is 27.9. The number of pyridine rings is 1. The highest BCUT2D eigenvalue weighted by molar-refractivity contribution is 7.21. The van der Waals surface area contributed by atoms with Crippen molar-refractivity contribution < 1.29 is 27.8 Å². The summed E-state index contributed by atoms with van der Waals surface area (Å²) in [6.45, 7) is 4.57. The summed E-state index contributed by atoms with van der Waals surface area (Å²) < 4.78 is 47.0. The largest absolute Gasteiger partial charge is 0.493 e. The molecule has 2 heterocycles. The smallest absolute Gasteiger partial charge is 0.416 e. The summed E-state index contributed by atoms with van der Waals surface area (Å²) in [7, 11) is 0. The Morgan fingerprint density at radius 3 is 2.56 bits per heavy atom. The predicted molar refractivity (Wildman–Crippen MR) is 145 cm³/mol. The van der Waals surface area contributed by atoms with E-state index < -0.39 is 23.3 Å². The summed E-state index contributed by atoms with van der Waals surface area (Å²) in [5.41, 5.74) is 2.11. The first-order chi connectivity index (χ1) is 18.6. The third kappa shape index (κ3) is 5.45. The van der Waals surface area contributed by atoms with Gasteiger partial charge in [-0.25, -0.2) is 4.79 Å². The van der Waals surface area contributed by atoms with Crippen LogP contribution in [0.2, 0.25) is 0 Å². The molecule has 4 aromatic rings. The number of halogens is 3. The van der Waals surface area contributed by atoms with Crippen LogP contribution in [0.4, 0.5) is 13.2 Å². The number of carboxylic acid groups (broad SMARTS) is 1. The van der Waals surface area contributed by atoms with Gasteiger partial charge in [-0.05, 0) is 90.6 Å². The second kappa shape index (κ2) is 10.5. The van der Waals surface area contributed by atoms with E-state index in [0.29, 0.717) is 33.0 Å². The number of thiazole rings is 1. The monoisotopic (exact) mass is 555 g/mol. The van der Waals surface area contributed by atoms with Crippen molar-refractivity contribution in [3.8, 4) is 16.2 Å². The molecule has 5 rings (SSSR count). The molecule has 5 nitrogen and oxygen atoms in total. The molecule has 1 aliphatic carbocycles. The molecule has 0 saturated heterocycles. The molecule has 0 atom stereocenters. The Morgan fingerprint density at radius 1 is 1.15 bits per heavy atom. The molecule has 2 aromatic heterocycles. The van der Waals surface area contributed by atoms with Gasteiger partial charge in [0.05, 0.1) is 17.0 Å². The number of aryl methyl sites for hydroxylation is 1. The highest BCUT2D eigenvalue weighted by Crippen LogP contribution is 2.47. The molecule has 2 aromatic carbocycles. The number of hydrogen-bond donors (Lipinski definition) is 1. The molecule has 0 bridgehead atoms. The Balaban J connectivity index is 1.63. The van der Waals surface area contributed by atoms with E-state index in [4.69, 9.17) is 4.74 Å². The van der Waals surface area contributed by atoms with Crippen LogP contribution >= 0.6 is 11.3 Å². The van der Waals surface area contributed by atoms with Crippen molar-refractivity contribution in [2.75, 3.05) is 6.61 Å². The number of alkyl halides is 3. The number of benzene rings is 2. The van der Waals surface area contributed by atoms with Crippen LogP contribution in [0.3, 0.4) is 0 Å². The van der Waals surface area contributed by atoms with Gasteiger partial charge in [-0.3, -0.25) is 9.20 Å². The lowest BCUT2D eigenvalue weighted by molar-refractivity contribution is -0.137. The maximum Gasteiger partial charge on any atom is 0.416 e. The molecule has 0 unspecified atom stereocenters. The molecule has 9 heteroatoms. The van der Waals surface area contributed by atoms with Crippen molar-refractivity contribution in [1.82, 2.24) is 4.40 Å². The quantitative estimate of drug-likeness (QED) is 0.215. The third-order valence-electron chi connectivity index (χ3n) is 6.96. The SMILES string of the molecule is CCCCOc1ccc(-c2sc3c(C4CC4)c(Cc4cccc(C(F)(F)F)c4)cc(=O)n3c2C(=O)O)cc1C. The Bertz CT molecular complexity index is 1620. The van der Waals surface area contributed by atoms with Crippen LogP contribution in [0.1, 0.15) is 76.8 Å². The van der Waals surface area contributed by atoms with Crippen LogP contribution in [0.15, 0.2) is 53.3 Å². The fourth-order valence-corrected chi connectivity index (χ4v) is 6.30. The third-order valence-corrected chi connectivity index (χ3v) is 8.19. The molecule has 1 saturated carbocycles. The number of aromatic carboxylic acids is 1. The van der Waals surface area contributed by atoms with E-state index in [2.05, 4.69) is 6.92 Å². The lowest BCUT2D eigenvalue weighted by Crippen LogP contribution is -2.19. The zero-order valence-corrected chi connectivity index (χ0v) is 22.4. The molecule has 0 aliphatic heterocycles. The van der Waals surface area contributed by atoms with Gasteiger partial charge >= 0.3 is 12.1 Å². The number of carbonyl (C=O) groups is 1. The molecule has 1 N–H and O–H groups in total. The van der Waals surface area contributed by atoms with Gasteiger partial charge < -0.3 is 9.84 Å². The minimum absolute atomic E-state index is 0.105. The fraction of sp³-hybridized carbons (Fsp3) is 0.333. The Labute approximate surface area is 227 Å². The number of hydrogen-bond acceptors (Lipinski definition) is 4. The minimum Gasteiger partial charge on any atom is -0.493 e. The van der Waals surface area contributed by atoms with Crippen molar-refractivity contribution in [2.24, 2.45) is 0 Å². The summed E-state index contributed by atoms with van der Waals surface area (Å²) in [5, 5.41) is 10.2. The summed E-state index contributed by atoms with van der Waals surface area (Å²) in [6.07, 6.45) is -0.623. The van der Waals surface area contributed by atoms with E-state index in [-0.39, 0.29) is 18.0 Å². The number of nitrogens with zero attached hydrogens (tertiary/aromatic N) is 1. The van der Waals surface area contributed by atoms with E-state index in [1.807, 2.05) is 19.1 Å². The number of rotatable bonds is 9. The molecular weight excluding hydrogens is 527 g/mol. The maximum atomic E-state index is 13.4. The summed E-state index contributed by atoms with van der Waals surface area (Å²) in [6, 6.07) is 12.0. The van der Waals surface area contributed by atoms with E-state index in [9.17, 15) is 27.9 Å². The second-order valence-electron chi connectivity index (χ2n) is 9.98. The Kier molecular flexibility index (Phi) is 7.29. The first-order valence-corrected chi connectivity index (χ1v) is 13.7. The van der Waals surface area contributed by atoms with Gasteiger partial charge in [0.15, 0.2) is 5.69 Å². The molecule has 1 aliphatic rings. The van der Waals surface area contributed by atoms with Gasteiger partial charge in [0.25, 0.3) is 5.56 Å². The second-order valence-corrected chi connectivity index (χ2v) is 11.0. The molecule has 1 fully saturated rings. The first kappa shape index (κ1) is 27.0. The molecule has 204 valence electrons. The van der Waals surface area contributed by atoms with E-state index in [1.54, 1.807) is 12.1 Å². The Morgan fingerprint density at radius 2 is 1.92 bits per heavy atom. The van der Waals surface area contributed by atoms with Crippen LogP contribution in [-0.4, -0.2) is 22.1 Å². The molecule has 0 spiro atoms. The van der Waals surface area contributed by atoms with Crippen LogP contribution in [0.5, 0.6) is 5.75 Å². The van der Waals surface area contributed by atoms with Gasteiger partial charge in [0.1, 0.15) is 10.6 Å². The van der Waals surface area contributed by atoms with Crippen molar-refractivity contribution >= 4 is 22.1 Å². The van der Waals surface area contributed by atoms with Gasteiger partial charge in [-0.15, -0.1) is 11.3 Å². The lowest BCUT2D eigenvalue weighted by atomic mass is 9.97. The van der Waals surface area contributed by atoms with Gasteiger partial charge in [-0.2, -0.15) is 13.2 Å². The van der Waals surface area contributed by atoms with Crippen molar-refractivity contribution in [3.05, 3.63) is 92.4 Å². The number of ether oxygens (including phenoxy) is 1. The summed E-state index contributed by atoms with van der Waals surface area (Å²) in [4.78, 5) is 26.8. The van der Waals surface area contributed by atoms with Crippen LogP contribution in [0.25, 0.3) is 15.3 Å². The lowest BCUT2D eigenvalue weighted by Gasteiger charge is -2.13. The van der Waals surface area contributed by atoms with E-state index in [0.717, 1.165) is 54.7 Å². The highest BCUT2D eigenvalue weighted by atomic mass is 32.1. The zero-order valence-electron chi connectivity index (χ0n) is 21.6. The first-order valence-electron chi connectivity index (χ1n) is 12.9. The minimum atomic E-state index is -4.47. The topological polar surface area (TPSA) is 68.0 Å². The number of fused-ring (bicyclic) bond motifs is 1. The standard InChI is InChI=1S/C30H28F3NO4S/c1-3-4-12-38-23-11-10-20(13-17(23)2)27-26(29(36)37)34-24(35)16-21(25(19-8-9-19)28(34)39-27)14-18-6-5-7-22(15-18)30(31,32)33/h5-7,10-11,13,15-16,19H,3-4,8-9,12,14H2,1-2H3,(H,36,37). The van der Waals surface area contributed by atoms with Crippen molar-refractivity contribution in [2.45, 2.75) is 58.0 Å². The number of carboxylic acids is 1. The Hall–Kier alpha value is -3.59. The average Bonchev–Trinajstić information content (AvgIpc) is 3.62. The number of unbranched alkanes of at least 4 members (excludes halogenated alkanes) is 1. The van der Waals surface area contributed by atoms with Gasteiger partial charge in [-0.1, -0.05) is 31.5 Å². The molecule has 0 amide bonds. The van der Waals surface area contributed by atoms with E-state index in [1.165, 1.54) is 27.9 Å². The van der Waals surface area contributed by atoms with Crippen LogP contribution in [0, 0.1) is 6.92 Å². The van der Waals surface area contributed by atoms with Crippen LogP contribution < -0.4 is 10.3 Å². The summed E-state index contributed by atoms with van der Waals surface area (Å²) in [5.74, 6) is -0.360. The molecular formula is C30H28F3NO4S. The predicted octanol–water partition coefficient (Wildman–Crippen LogP) is 7.70. The van der Waals surface area contributed by atoms with Gasteiger partial charge in [0.2, 0.25) is 0 Å². The normalized spacial score (nSPS) is 13.7. The molecule has 39 heavy (non-hydrogen) atoms. The maximum absolute atomic E-state index is 13.4. The number of aromatic nitrogens is 1. The average molecular weight is 556 g/mol. The highest BCUT2D eigenvalue weighted by Gasteiger charge is 2.33. The molecule has 0 radical (unpaired) electrons.